The lowest BCUT2D eigenvalue weighted by Crippen LogP contribution is -2.54. The Labute approximate surface area is 856 Å². The van der Waals surface area contributed by atoms with Crippen LogP contribution in [0.3, 0.4) is 0 Å². The van der Waals surface area contributed by atoms with Crippen LogP contribution in [0.5, 0.6) is 0 Å². The van der Waals surface area contributed by atoms with E-state index in [2.05, 4.69) is 388 Å². The van der Waals surface area contributed by atoms with E-state index in [0.29, 0.717) is 55.0 Å². The van der Waals surface area contributed by atoms with Crippen molar-refractivity contribution in [3.63, 3.8) is 0 Å². The van der Waals surface area contributed by atoms with Crippen molar-refractivity contribution in [2.24, 2.45) is 38.9 Å². The lowest BCUT2D eigenvalue weighted by Gasteiger charge is -2.48. The Bertz CT molecular complexity index is 4880. The molecule has 5 aliphatic heterocycles. The van der Waals surface area contributed by atoms with E-state index >= 15 is 0 Å². The highest BCUT2D eigenvalue weighted by molar-refractivity contribution is 5.78. The summed E-state index contributed by atoms with van der Waals surface area (Å²) in [7, 11) is 0. The molecule has 6 aromatic rings. The normalized spacial score (nSPS) is 22.8. The molecule has 7 fully saturated rings. The molecule has 0 spiro atoms. The Morgan fingerprint density at radius 2 is 0.374 bits per heavy atom. The quantitative estimate of drug-likeness (QED) is 0.112. The fourth-order valence-corrected chi connectivity index (χ4v) is 27.1. The van der Waals surface area contributed by atoms with Crippen molar-refractivity contribution in [3.05, 3.63) is 236 Å². The summed E-state index contributed by atoms with van der Waals surface area (Å²) in [6.07, 6.45) is 48.9. The molecule has 7 aliphatic carbocycles. The lowest BCUT2D eigenvalue weighted by molar-refractivity contribution is 0.0770. The highest BCUT2D eigenvalue weighted by atomic mass is 15.5. The second-order valence-electron chi connectivity index (χ2n) is 48.9. The Hall–Kier alpha value is -7.98. The summed E-state index contributed by atoms with van der Waals surface area (Å²) in [5.41, 5.74) is 31.1. The van der Waals surface area contributed by atoms with Crippen molar-refractivity contribution in [2.45, 2.75) is 503 Å². The minimum absolute atomic E-state index is 0. The van der Waals surface area contributed by atoms with Crippen molar-refractivity contribution < 1.29 is 0 Å². The molecule has 5 heterocycles. The van der Waals surface area contributed by atoms with Gasteiger partial charge in [0.15, 0.2) is 0 Å². The van der Waals surface area contributed by atoms with E-state index < -0.39 is 0 Å². The number of hydrogen-bond acceptors (Lipinski definition) is 10. The van der Waals surface area contributed by atoms with E-state index in [9.17, 15) is 0 Å². The smallest absolute Gasteiger partial charge is 0.111 e. The van der Waals surface area contributed by atoms with Gasteiger partial charge in [-0.2, -0.15) is 0 Å². The Morgan fingerprint density at radius 3 is 0.619 bits per heavy atom. The molecule has 18 rings (SSSR count). The van der Waals surface area contributed by atoms with Gasteiger partial charge in [-0.25, -0.2) is 0 Å². The van der Waals surface area contributed by atoms with Gasteiger partial charge in [-0.15, -0.1) is 0 Å². The molecule has 5 atom stereocenters. The first-order valence-corrected chi connectivity index (χ1v) is 54.5. The molecule has 0 N–H and O–H groups in total. The van der Waals surface area contributed by atoms with Crippen LogP contribution in [-0.2, 0) is 0 Å². The highest BCUT2D eigenvalue weighted by Crippen LogP contribution is 2.56. The van der Waals surface area contributed by atoms with Crippen LogP contribution in [-0.4, -0.2) is 85.5 Å². The average Bonchev–Trinajstić information content (AvgIpc) is 1.59. The summed E-state index contributed by atoms with van der Waals surface area (Å²) in [5.74, 6) is 1.52. The summed E-state index contributed by atoms with van der Waals surface area (Å²) in [6.45, 7) is 64.0. The van der Waals surface area contributed by atoms with Crippen LogP contribution in [0.15, 0.2) is 203 Å². The first-order valence-electron chi connectivity index (χ1n) is 54.5. The third-order valence-electron chi connectivity index (χ3n) is 33.4. The molecule has 772 valence electrons. The fraction of sp³-hybridized carbons (Fsp3) is 0.643. The predicted molar refractivity (Wildman–Crippen MR) is 611 cm³/mol. The van der Waals surface area contributed by atoms with Gasteiger partial charge in [-0.05, 0) is 237 Å². The third-order valence-corrected chi connectivity index (χ3v) is 33.4. The van der Waals surface area contributed by atoms with E-state index in [1.54, 1.807) is 11.4 Å². The predicted octanol–water partition coefficient (Wildman–Crippen LogP) is 37.4. The Kier molecular flexibility index (Phi) is 40.5. The van der Waals surface area contributed by atoms with Crippen LogP contribution in [0.4, 0.5) is 28.4 Å². The van der Waals surface area contributed by atoms with Gasteiger partial charge in [-0.1, -0.05) is 391 Å². The van der Waals surface area contributed by atoms with Gasteiger partial charge in [-0.3, -0.25) is 0 Å². The number of allylic oxidation sites excluding steroid dienone is 9. The van der Waals surface area contributed by atoms with Gasteiger partial charge in [0.05, 0.1) is 5.70 Å². The van der Waals surface area contributed by atoms with Crippen molar-refractivity contribution in [1.29, 1.82) is 0 Å². The van der Waals surface area contributed by atoms with E-state index in [0.717, 1.165) is 17.9 Å². The minimum atomic E-state index is 0. The molecule has 6 aromatic carbocycles. The largest absolute Gasteiger partial charge is 0.350 e. The molecule has 0 saturated heterocycles. The zero-order chi connectivity index (χ0) is 96.0. The topological polar surface area (TPSA) is 32.4 Å². The monoisotopic (exact) mass is 1900 g/mol. The standard InChI is InChI=1S/C27H42N2.C27H36N2.C26H40N2.2C22H34N2.5CH4/c2*1-20-14-12-13-19-24(20)28-21(2)25(22-15-8-6-9-16-22)29(26(28)27(3,4)5)23-17-10-7-11-18-23;1-19-13-9-12-18-23(19)27-20(2)24(21-14-10-11-15-21)28(25(27)26(3,4)5)22-16-7-6-8-17-22;2*1-16-12-10-11-15-20(16)24-18(3)17(2)23(21(24)22(4,5)6)19-13-8-7-9-14-19;;;;;/h12-14,19,22-23,26H,6-11,15-18H2,1-5H3;6,8-9,12-16,19,23,26H,7,10-11,17-18H2,1-5H3;9,12-13,18,21-22,25H,6-8,10-11,14-17H2,1-5H3;2*10-12,15,19,21H,7-9,13-14H2,1-6H3;5*1H4. The zero-order valence-corrected chi connectivity index (χ0v) is 89.9. The number of anilines is 5. The molecule has 0 amide bonds. The third kappa shape index (κ3) is 25.0. The first-order chi connectivity index (χ1) is 63.8. The molecule has 10 nitrogen and oxygen atoms in total. The van der Waals surface area contributed by atoms with Crippen molar-refractivity contribution >= 4 is 34.1 Å². The number of rotatable bonds is 13. The molecule has 7 saturated carbocycles. The van der Waals surface area contributed by atoms with E-state index in [1.165, 1.54) is 326 Å². The molecule has 12 aliphatic rings. The summed E-state index contributed by atoms with van der Waals surface area (Å²) in [4.78, 5) is 27.5. The molecule has 139 heavy (non-hydrogen) atoms. The molecular formula is C129H206N10. The Balaban J connectivity index is 0.000000193. The number of nitrogens with zero attached hydrogens (tertiary/aromatic N) is 10. The van der Waals surface area contributed by atoms with Gasteiger partial charge in [0, 0.05) is 149 Å². The second-order valence-corrected chi connectivity index (χ2v) is 48.9. The van der Waals surface area contributed by atoms with Gasteiger partial charge in [0.25, 0.3) is 0 Å². The molecule has 0 bridgehead atoms. The van der Waals surface area contributed by atoms with E-state index in [1.807, 2.05) is 0 Å². The second kappa shape index (κ2) is 49.1. The number of aryl methyl sites for hydroxylation is 5. The minimum Gasteiger partial charge on any atom is -0.350 e. The fourth-order valence-electron chi connectivity index (χ4n) is 27.1. The number of benzene rings is 6. The highest BCUT2D eigenvalue weighted by Gasteiger charge is 2.54. The van der Waals surface area contributed by atoms with E-state index in [-0.39, 0.29) is 64.2 Å². The maximum atomic E-state index is 2.96. The van der Waals surface area contributed by atoms with Crippen LogP contribution in [0, 0.1) is 73.5 Å². The molecule has 5 unspecified atom stereocenters. The van der Waals surface area contributed by atoms with Crippen LogP contribution in [0.2, 0.25) is 0 Å². The number of hydrogen-bond donors (Lipinski definition) is 0. The summed E-state index contributed by atoms with van der Waals surface area (Å²) < 4.78 is 0. The van der Waals surface area contributed by atoms with Crippen molar-refractivity contribution in [1.82, 2.24) is 24.5 Å². The molecule has 0 aromatic heterocycles. The van der Waals surface area contributed by atoms with Gasteiger partial charge in [0.2, 0.25) is 0 Å². The Morgan fingerprint density at radius 1 is 0.187 bits per heavy atom. The van der Waals surface area contributed by atoms with Crippen LogP contribution >= 0.6 is 0 Å². The molecular weight excluding hydrogens is 1690 g/mol. The van der Waals surface area contributed by atoms with Gasteiger partial charge >= 0.3 is 0 Å². The zero-order valence-electron chi connectivity index (χ0n) is 89.9. The molecule has 0 radical (unpaired) electrons. The number of para-hydroxylation sites is 5. The maximum absolute atomic E-state index is 2.96. The SMILES string of the molecule is C.C.C.C.C.CC1=C(C)N(C2CCCCC2)C(C(C)(C)C)N1c1ccccc1C.CC1=C(C)N(C2CCCCC2)C(C(C)(C)C)N1c1ccccc1C.CC1=C(C2CCCC2)N(C2CCCCC2)C(C(C)(C)C)N1c1ccccc1C.CC1=C(C2CCCCC2)N(C2CCCCC2)C(C(C)(C)C)N1c1ccccc1C.CC1=C(c2ccccc2)N(C2CCCCC2)C(C(C)(C)C)N1c1ccccc1C. The summed E-state index contributed by atoms with van der Waals surface area (Å²) >= 11 is 0. The van der Waals surface area contributed by atoms with Gasteiger partial charge in [0.1, 0.15) is 30.8 Å². The average molecular weight is 1900 g/mol. The van der Waals surface area contributed by atoms with Crippen LogP contribution in [0.1, 0.15) is 441 Å². The van der Waals surface area contributed by atoms with E-state index in [4.69, 9.17) is 0 Å². The van der Waals surface area contributed by atoms with Crippen molar-refractivity contribution in [3.8, 4) is 0 Å². The van der Waals surface area contributed by atoms with Crippen molar-refractivity contribution in [2.75, 3.05) is 24.5 Å². The molecule has 10 heteroatoms. The summed E-state index contributed by atoms with van der Waals surface area (Å²) in [6, 6.07) is 59.1. The first kappa shape index (κ1) is 115. The summed E-state index contributed by atoms with van der Waals surface area (Å²) in [5, 5.41) is 0. The van der Waals surface area contributed by atoms with Gasteiger partial charge < -0.3 is 49.0 Å². The lowest BCUT2D eigenvalue weighted by atomic mass is 9.83. The van der Waals surface area contributed by atoms with Crippen LogP contribution in [0.25, 0.3) is 5.70 Å². The van der Waals surface area contributed by atoms with Crippen LogP contribution < -0.4 is 24.5 Å². The maximum Gasteiger partial charge on any atom is 0.111 e.